The van der Waals surface area contributed by atoms with Crippen LogP contribution in [0.2, 0.25) is 5.02 Å². The molecule has 4 aromatic rings. The topological polar surface area (TPSA) is 63.2 Å². The van der Waals surface area contributed by atoms with Gasteiger partial charge in [-0.05, 0) is 53.6 Å². The smallest absolute Gasteiger partial charge is 0.422 e. The lowest BCUT2D eigenvalue weighted by atomic mass is 9.80. The molecule has 10 heteroatoms. The van der Waals surface area contributed by atoms with Crippen molar-refractivity contribution in [3.05, 3.63) is 125 Å². The Balaban J connectivity index is 1.81. The Morgan fingerprint density at radius 3 is 2.37 bits per heavy atom. The molecule has 0 saturated carbocycles. The number of nitrogens with one attached hydrogen (secondary N) is 2. The van der Waals surface area contributed by atoms with Crippen LogP contribution in [0.25, 0.3) is 0 Å². The van der Waals surface area contributed by atoms with Crippen LogP contribution < -0.4 is 15.4 Å². The molecule has 0 radical (unpaired) electrons. The number of nitrogens with zero attached hydrogens (tertiary/aromatic N) is 1. The number of alkyl halides is 3. The van der Waals surface area contributed by atoms with E-state index in [0.29, 0.717) is 16.3 Å². The molecule has 1 aromatic heterocycles. The fourth-order valence-corrected chi connectivity index (χ4v) is 4.10. The van der Waals surface area contributed by atoms with Crippen molar-refractivity contribution in [3.8, 4) is 5.75 Å². The van der Waals surface area contributed by atoms with E-state index in [9.17, 15) is 22.4 Å². The fourth-order valence-electron chi connectivity index (χ4n) is 3.99. The van der Waals surface area contributed by atoms with Gasteiger partial charge in [-0.3, -0.25) is 4.98 Å². The van der Waals surface area contributed by atoms with Crippen LogP contribution in [-0.2, 0) is 12.0 Å². The predicted octanol–water partition coefficient (Wildman–Crippen LogP) is 7.12. The zero-order valence-electron chi connectivity index (χ0n) is 19.8. The maximum absolute atomic E-state index is 13.7. The van der Waals surface area contributed by atoms with Crippen LogP contribution in [0.4, 0.5) is 28.0 Å². The van der Waals surface area contributed by atoms with E-state index in [4.69, 9.17) is 16.3 Å². The molecule has 3 aromatic carbocycles. The second-order valence-electron chi connectivity index (χ2n) is 8.45. The number of pyridine rings is 1. The van der Waals surface area contributed by atoms with E-state index in [1.807, 2.05) is 30.3 Å². The van der Waals surface area contributed by atoms with Crippen molar-refractivity contribution >= 4 is 23.3 Å². The Bertz CT molecular complexity index is 1380. The SMILES string of the molecule is O=C(Nc1cccc(F)c1)NC(Cc1ccccc1)(c1cccc(OCC(F)(F)F)c1)c1ccc(Cl)cn1. The van der Waals surface area contributed by atoms with Gasteiger partial charge >= 0.3 is 12.2 Å². The second kappa shape index (κ2) is 11.5. The van der Waals surface area contributed by atoms with E-state index in [1.165, 1.54) is 42.6 Å². The van der Waals surface area contributed by atoms with Gasteiger partial charge in [0.2, 0.25) is 0 Å². The Labute approximate surface area is 221 Å². The summed E-state index contributed by atoms with van der Waals surface area (Å²) in [6.07, 6.45) is -2.95. The van der Waals surface area contributed by atoms with Crippen LogP contribution in [0.15, 0.2) is 97.2 Å². The Hall–Kier alpha value is -4.11. The lowest BCUT2D eigenvalue weighted by molar-refractivity contribution is -0.153. The number of carbonyl (C=O) groups is 1. The number of carbonyl (C=O) groups excluding carboxylic acids is 1. The quantitative estimate of drug-likeness (QED) is 0.233. The van der Waals surface area contributed by atoms with Gasteiger partial charge in [0.1, 0.15) is 17.1 Å². The van der Waals surface area contributed by atoms with Crippen molar-refractivity contribution in [2.45, 2.75) is 18.1 Å². The zero-order valence-corrected chi connectivity index (χ0v) is 20.6. The summed E-state index contributed by atoms with van der Waals surface area (Å²) in [6, 6.07) is 23.1. The van der Waals surface area contributed by atoms with Gasteiger partial charge in [0.05, 0.1) is 10.7 Å². The number of anilines is 1. The van der Waals surface area contributed by atoms with Crippen LogP contribution >= 0.6 is 11.6 Å². The number of hydrogen-bond acceptors (Lipinski definition) is 3. The number of ether oxygens (including phenoxy) is 1. The Morgan fingerprint density at radius 2 is 1.68 bits per heavy atom. The van der Waals surface area contributed by atoms with Crippen molar-refractivity contribution in [3.63, 3.8) is 0 Å². The van der Waals surface area contributed by atoms with Crippen molar-refractivity contribution in [2.75, 3.05) is 11.9 Å². The van der Waals surface area contributed by atoms with Crippen LogP contribution in [0.1, 0.15) is 16.8 Å². The van der Waals surface area contributed by atoms with Crippen molar-refractivity contribution in [1.29, 1.82) is 0 Å². The zero-order chi connectivity index (χ0) is 27.2. The van der Waals surface area contributed by atoms with E-state index >= 15 is 0 Å². The summed E-state index contributed by atoms with van der Waals surface area (Å²) in [5, 5.41) is 5.91. The maximum atomic E-state index is 13.7. The molecule has 1 heterocycles. The number of amides is 2. The highest BCUT2D eigenvalue weighted by Gasteiger charge is 2.38. The largest absolute Gasteiger partial charge is 0.484 e. The highest BCUT2D eigenvalue weighted by atomic mass is 35.5. The highest BCUT2D eigenvalue weighted by Crippen LogP contribution is 2.35. The molecule has 1 unspecified atom stereocenters. The van der Waals surface area contributed by atoms with Crippen LogP contribution in [0, 0.1) is 5.82 Å². The maximum Gasteiger partial charge on any atom is 0.422 e. The molecule has 0 fully saturated rings. The molecule has 1 atom stereocenters. The molecule has 0 spiro atoms. The summed E-state index contributed by atoms with van der Waals surface area (Å²) in [5.74, 6) is -0.578. The Morgan fingerprint density at radius 1 is 0.921 bits per heavy atom. The molecule has 0 aliphatic heterocycles. The first-order valence-electron chi connectivity index (χ1n) is 11.4. The molecule has 38 heavy (non-hydrogen) atoms. The van der Waals surface area contributed by atoms with Crippen LogP contribution in [0.5, 0.6) is 5.75 Å². The number of halogens is 5. The van der Waals surface area contributed by atoms with E-state index in [1.54, 1.807) is 18.2 Å². The van der Waals surface area contributed by atoms with E-state index in [2.05, 4.69) is 15.6 Å². The summed E-state index contributed by atoms with van der Waals surface area (Å²) in [4.78, 5) is 17.8. The minimum Gasteiger partial charge on any atom is -0.484 e. The number of hydrogen-bond donors (Lipinski definition) is 2. The number of benzene rings is 3. The average molecular weight is 544 g/mol. The van der Waals surface area contributed by atoms with Gasteiger partial charge in [0.25, 0.3) is 0 Å². The lowest BCUT2D eigenvalue weighted by Gasteiger charge is -2.35. The molecule has 2 N–H and O–H groups in total. The molecule has 4 rings (SSSR count). The summed E-state index contributed by atoms with van der Waals surface area (Å²) in [7, 11) is 0. The van der Waals surface area contributed by atoms with Gasteiger partial charge in [-0.25, -0.2) is 9.18 Å². The first kappa shape index (κ1) is 26.9. The standard InChI is InChI=1S/C28H22ClF4N3O2/c29-21-12-13-25(34-17-21)27(16-19-6-2-1-3-7-19,36-26(37)35-23-10-5-9-22(30)15-23)20-8-4-11-24(14-20)38-18-28(31,32)33/h1-15,17H,16,18H2,(H2,35,36,37). The van der Waals surface area contributed by atoms with Crippen molar-refractivity contribution in [1.82, 2.24) is 10.3 Å². The Kier molecular flexibility index (Phi) is 8.16. The molecule has 0 aliphatic carbocycles. The van der Waals surface area contributed by atoms with E-state index in [0.717, 1.165) is 11.6 Å². The van der Waals surface area contributed by atoms with Gasteiger partial charge in [0.15, 0.2) is 6.61 Å². The minimum atomic E-state index is -4.53. The first-order valence-corrected chi connectivity index (χ1v) is 11.8. The highest BCUT2D eigenvalue weighted by molar-refractivity contribution is 6.30. The van der Waals surface area contributed by atoms with Crippen molar-refractivity contribution < 1.29 is 27.1 Å². The third kappa shape index (κ3) is 7.01. The van der Waals surface area contributed by atoms with Gasteiger partial charge in [-0.1, -0.05) is 60.1 Å². The molecule has 5 nitrogen and oxygen atoms in total. The number of rotatable bonds is 8. The first-order chi connectivity index (χ1) is 18.1. The lowest BCUT2D eigenvalue weighted by Crippen LogP contribution is -2.50. The van der Waals surface area contributed by atoms with E-state index < -0.39 is 30.2 Å². The summed E-state index contributed by atoms with van der Waals surface area (Å²) < 4.78 is 57.2. The molecule has 196 valence electrons. The van der Waals surface area contributed by atoms with Gasteiger partial charge < -0.3 is 15.4 Å². The summed E-state index contributed by atoms with van der Waals surface area (Å²) in [6.45, 7) is -1.48. The second-order valence-corrected chi connectivity index (χ2v) is 8.89. The van der Waals surface area contributed by atoms with Gasteiger partial charge in [-0.2, -0.15) is 13.2 Å². The molecule has 0 bridgehead atoms. The molecular weight excluding hydrogens is 522 g/mol. The normalized spacial score (nSPS) is 12.9. The molecular formula is C28H22ClF4N3O2. The number of urea groups is 1. The van der Waals surface area contributed by atoms with Gasteiger partial charge in [-0.15, -0.1) is 0 Å². The fraction of sp³-hybridized carbons (Fsp3) is 0.143. The molecule has 0 aliphatic rings. The monoisotopic (exact) mass is 543 g/mol. The van der Waals surface area contributed by atoms with E-state index in [-0.39, 0.29) is 17.9 Å². The van der Waals surface area contributed by atoms with Crippen LogP contribution in [-0.4, -0.2) is 23.8 Å². The average Bonchev–Trinajstić information content (AvgIpc) is 2.88. The number of aromatic nitrogens is 1. The summed E-state index contributed by atoms with van der Waals surface area (Å²) >= 11 is 6.08. The van der Waals surface area contributed by atoms with Crippen LogP contribution in [0.3, 0.4) is 0 Å². The third-order valence-electron chi connectivity index (χ3n) is 5.62. The van der Waals surface area contributed by atoms with Crippen molar-refractivity contribution in [2.24, 2.45) is 0 Å². The molecule has 2 amide bonds. The predicted molar refractivity (Wildman–Crippen MR) is 137 cm³/mol. The third-order valence-corrected chi connectivity index (χ3v) is 5.84. The van der Waals surface area contributed by atoms with Gasteiger partial charge in [0, 0.05) is 18.3 Å². The minimum absolute atomic E-state index is 0.0430. The molecule has 0 saturated heterocycles. The summed E-state index contributed by atoms with van der Waals surface area (Å²) in [5.41, 5.74) is 0.402.